The Balaban J connectivity index is 2.10. The molecule has 0 bridgehead atoms. The highest BCUT2D eigenvalue weighted by molar-refractivity contribution is 6.31. The summed E-state index contributed by atoms with van der Waals surface area (Å²) in [6, 6.07) is 5.35. The van der Waals surface area contributed by atoms with Gasteiger partial charge >= 0.3 is 12.0 Å². The molecule has 0 saturated carbocycles. The third-order valence-electron chi connectivity index (χ3n) is 5.25. The molecule has 176 valence electrons. The Morgan fingerprint density at radius 3 is 2.47 bits per heavy atom. The molecule has 1 aliphatic carbocycles. The third kappa shape index (κ3) is 7.51. The highest BCUT2D eigenvalue weighted by atomic mass is 35.5. The summed E-state index contributed by atoms with van der Waals surface area (Å²) in [5.74, 6) is -1.39. The molecular formula is C22H31ClN4O5. The van der Waals surface area contributed by atoms with Crippen LogP contribution in [0.5, 0.6) is 0 Å². The van der Waals surface area contributed by atoms with E-state index in [4.69, 9.17) is 16.3 Å². The Morgan fingerprint density at radius 1 is 1.19 bits per heavy atom. The number of aliphatic carboxylic acids is 1. The van der Waals surface area contributed by atoms with Crippen LogP contribution in [0, 0.1) is 0 Å². The quantitative estimate of drug-likeness (QED) is 0.337. The van der Waals surface area contributed by atoms with E-state index in [-0.39, 0.29) is 24.0 Å². The number of nitrogens with one attached hydrogen (secondary N) is 4. The fourth-order valence-corrected chi connectivity index (χ4v) is 3.78. The number of amides is 3. The number of carboxylic acids is 1. The number of hydrazine groups is 1. The van der Waals surface area contributed by atoms with Crippen molar-refractivity contribution in [3.05, 3.63) is 46.5 Å². The molecule has 1 aromatic rings. The van der Waals surface area contributed by atoms with Gasteiger partial charge in [-0.1, -0.05) is 43.6 Å². The maximum absolute atomic E-state index is 12.5. The van der Waals surface area contributed by atoms with Gasteiger partial charge in [0, 0.05) is 30.5 Å². The van der Waals surface area contributed by atoms with E-state index in [0.29, 0.717) is 11.6 Å². The highest BCUT2D eigenvalue weighted by Gasteiger charge is 2.38. The number of benzene rings is 1. The monoisotopic (exact) mass is 466 g/mol. The first-order valence-electron chi connectivity index (χ1n) is 10.6. The summed E-state index contributed by atoms with van der Waals surface area (Å²) in [6.45, 7) is 5.61. The molecule has 9 nitrogen and oxygen atoms in total. The van der Waals surface area contributed by atoms with Crippen LogP contribution in [0.25, 0.3) is 0 Å². The minimum atomic E-state index is -1.09. The standard InChI is InChI=1S/C22H31ClN4O5/c1-4-16(5-2)32-19-11-15(21(29)30)10-18(20(19)25-13(3)28)26-22(31)27-24-12-14-8-6-7-9-17(14)23/h6-9,11,16,18-20,24H,4-5,10,12H2,1-3H3,(H,25,28)(H,29,30)(H2,26,27,31)/t18-,19+,20+/m0/s1. The molecule has 0 saturated heterocycles. The van der Waals surface area contributed by atoms with Crippen LogP contribution >= 0.6 is 11.6 Å². The lowest BCUT2D eigenvalue weighted by Gasteiger charge is -2.38. The number of halogens is 1. The average Bonchev–Trinajstić information content (AvgIpc) is 2.74. The largest absolute Gasteiger partial charge is 0.478 e. The Morgan fingerprint density at radius 2 is 1.88 bits per heavy atom. The molecule has 0 radical (unpaired) electrons. The molecule has 32 heavy (non-hydrogen) atoms. The fraction of sp³-hybridized carbons (Fsp3) is 0.500. The molecule has 0 spiro atoms. The van der Waals surface area contributed by atoms with Gasteiger partial charge in [0.1, 0.15) is 0 Å². The number of carbonyl (C=O) groups is 3. The van der Waals surface area contributed by atoms with Crippen molar-refractivity contribution in [3.63, 3.8) is 0 Å². The summed E-state index contributed by atoms with van der Waals surface area (Å²) < 4.78 is 6.09. The molecule has 0 aliphatic heterocycles. The van der Waals surface area contributed by atoms with Crippen molar-refractivity contribution in [2.45, 2.75) is 70.9 Å². The number of ether oxygens (including phenoxy) is 1. The molecule has 5 N–H and O–H groups in total. The van der Waals surface area contributed by atoms with Crippen molar-refractivity contribution in [2.24, 2.45) is 0 Å². The van der Waals surface area contributed by atoms with Crippen molar-refractivity contribution < 1.29 is 24.2 Å². The summed E-state index contributed by atoms with van der Waals surface area (Å²) in [6.07, 6.45) is 2.24. The van der Waals surface area contributed by atoms with Crippen LogP contribution in [0.1, 0.15) is 45.6 Å². The first-order valence-corrected chi connectivity index (χ1v) is 11.0. The minimum absolute atomic E-state index is 0.0426. The Hall–Kier alpha value is -2.62. The van der Waals surface area contributed by atoms with Gasteiger partial charge in [0.15, 0.2) is 0 Å². The van der Waals surface area contributed by atoms with Gasteiger partial charge in [-0.3, -0.25) is 10.2 Å². The van der Waals surface area contributed by atoms with E-state index >= 15 is 0 Å². The molecule has 0 aromatic heterocycles. The maximum Gasteiger partial charge on any atom is 0.331 e. The van der Waals surface area contributed by atoms with Gasteiger partial charge < -0.3 is 20.5 Å². The van der Waals surface area contributed by atoms with E-state index in [9.17, 15) is 19.5 Å². The number of rotatable bonds is 10. The lowest BCUT2D eigenvalue weighted by molar-refractivity contribution is -0.133. The summed E-state index contributed by atoms with van der Waals surface area (Å²) in [5, 5.41) is 15.7. The summed E-state index contributed by atoms with van der Waals surface area (Å²) in [4.78, 5) is 36.0. The van der Waals surface area contributed by atoms with Gasteiger partial charge in [0.25, 0.3) is 0 Å². The van der Waals surface area contributed by atoms with Crippen LogP contribution in [-0.2, 0) is 20.9 Å². The molecule has 2 rings (SSSR count). The van der Waals surface area contributed by atoms with E-state index < -0.39 is 30.2 Å². The molecule has 3 atom stereocenters. The highest BCUT2D eigenvalue weighted by Crippen LogP contribution is 2.24. The minimum Gasteiger partial charge on any atom is -0.478 e. The van der Waals surface area contributed by atoms with Crippen molar-refractivity contribution in [2.75, 3.05) is 0 Å². The molecule has 3 amide bonds. The first kappa shape index (κ1) is 25.6. The van der Waals surface area contributed by atoms with Crippen LogP contribution in [-0.4, -0.2) is 47.3 Å². The number of urea groups is 1. The lowest BCUT2D eigenvalue weighted by atomic mass is 9.87. The molecule has 1 aliphatic rings. The predicted molar refractivity (Wildman–Crippen MR) is 121 cm³/mol. The van der Waals surface area contributed by atoms with E-state index in [1.54, 1.807) is 6.07 Å². The second-order valence-electron chi connectivity index (χ2n) is 7.62. The number of carboxylic acid groups (broad SMARTS) is 1. The molecule has 0 fully saturated rings. The zero-order valence-electron chi connectivity index (χ0n) is 18.5. The number of hydrogen-bond acceptors (Lipinski definition) is 5. The summed E-state index contributed by atoms with van der Waals surface area (Å²) >= 11 is 6.11. The SMILES string of the molecule is CCC(CC)O[C@@H]1C=C(C(=O)O)C[C@H](NC(=O)NNCc2ccccc2Cl)[C@H]1NC(C)=O. The van der Waals surface area contributed by atoms with Gasteiger partial charge in [0.05, 0.1) is 24.3 Å². The van der Waals surface area contributed by atoms with Crippen molar-refractivity contribution >= 4 is 29.5 Å². The van der Waals surface area contributed by atoms with Gasteiger partial charge in [-0.15, -0.1) is 0 Å². The maximum atomic E-state index is 12.5. The Bertz CT molecular complexity index is 843. The van der Waals surface area contributed by atoms with Crippen molar-refractivity contribution in [1.29, 1.82) is 0 Å². The molecule has 10 heteroatoms. The van der Waals surface area contributed by atoms with Gasteiger partial charge in [-0.05, 0) is 30.5 Å². The van der Waals surface area contributed by atoms with E-state index in [1.807, 2.05) is 32.0 Å². The summed E-state index contributed by atoms with van der Waals surface area (Å²) in [5.41, 5.74) is 6.24. The Kier molecular flexibility index (Phi) is 9.96. The van der Waals surface area contributed by atoms with Gasteiger partial charge in [0.2, 0.25) is 5.91 Å². The predicted octanol–water partition coefficient (Wildman–Crippen LogP) is 2.51. The zero-order chi connectivity index (χ0) is 23.7. The van der Waals surface area contributed by atoms with Crippen LogP contribution in [0.15, 0.2) is 35.9 Å². The van der Waals surface area contributed by atoms with Crippen LogP contribution in [0.4, 0.5) is 4.79 Å². The molecule has 0 unspecified atom stereocenters. The average molecular weight is 467 g/mol. The molecule has 0 heterocycles. The van der Waals surface area contributed by atoms with Crippen LogP contribution in [0.2, 0.25) is 5.02 Å². The van der Waals surface area contributed by atoms with E-state index in [2.05, 4.69) is 21.5 Å². The van der Waals surface area contributed by atoms with Gasteiger partial charge in [-0.25, -0.2) is 15.0 Å². The first-order chi connectivity index (χ1) is 15.2. The normalized spacial score (nSPS) is 20.4. The van der Waals surface area contributed by atoms with E-state index in [0.717, 1.165) is 18.4 Å². The number of hydrogen-bond donors (Lipinski definition) is 5. The number of carbonyl (C=O) groups excluding carboxylic acids is 2. The Labute approximate surface area is 192 Å². The van der Waals surface area contributed by atoms with E-state index in [1.165, 1.54) is 13.0 Å². The van der Waals surface area contributed by atoms with Crippen molar-refractivity contribution in [1.82, 2.24) is 21.5 Å². The lowest BCUT2D eigenvalue weighted by Crippen LogP contribution is -2.61. The van der Waals surface area contributed by atoms with Crippen LogP contribution < -0.4 is 21.5 Å². The third-order valence-corrected chi connectivity index (χ3v) is 5.62. The zero-order valence-corrected chi connectivity index (χ0v) is 19.2. The fourth-order valence-electron chi connectivity index (χ4n) is 3.57. The molecule has 1 aromatic carbocycles. The van der Waals surface area contributed by atoms with Crippen LogP contribution in [0.3, 0.4) is 0 Å². The topological polar surface area (TPSA) is 129 Å². The summed E-state index contributed by atoms with van der Waals surface area (Å²) in [7, 11) is 0. The molecular weight excluding hydrogens is 436 g/mol. The second-order valence-corrected chi connectivity index (χ2v) is 8.02. The smallest absolute Gasteiger partial charge is 0.331 e. The second kappa shape index (κ2) is 12.4. The van der Waals surface area contributed by atoms with Crippen molar-refractivity contribution in [3.8, 4) is 0 Å². The van der Waals surface area contributed by atoms with Gasteiger partial charge in [-0.2, -0.15) is 0 Å².